The highest BCUT2D eigenvalue weighted by atomic mass is 19.4. The summed E-state index contributed by atoms with van der Waals surface area (Å²) in [7, 11) is 0. The molecule has 0 saturated carbocycles. The van der Waals surface area contributed by atoms with Crippen LogP contribution in [-0.2, 0) is 15.8 Å². The minimum atomic E-state index is -4.51. The van der Waals surface area contributed by atoms with Gasteiger partial charge in [0.25, 0.3) is 5.91 Å². The maximum atomic E-state index is 13.0. The van der Waals surface area contributed by atoms with E-state index in [4.69, 9.17) is 0 Å². The van der Waals surface area contributed by atoms with Crippen molar-refractivity contribution in [2.75, 3.05) is 37.6 Å². The van der Waals surface area contributed by atoms with Crippen molar-refractivity contribution in [3.63, 3.8) is 0 Å². The predicted octanol–water partition coefficient (Wildman–Crippen LogP) is 2.44. The molecule has 0 spiro atoms. The number of rotatable bonds is 3. The van der Waals surface area contributed by atoms with Crippen molar-refractivity contribution in [3.05, 3.63) is 59.9 Å². The number of nitrogens with zero attached hydrogens (tertiary/aromatic N) is 4. The second-order valence-corrected chi connectivity index (χ2v) is 7.81. The van der Waals surface area contributed by atoms with Gasteiger partial charge in [-0.2, -0.15) is 13.2 Å². The molecule has 4 rings (SSSR count). The van der Waals surface area contributed by atoms with Crippen molar-refractivity contribution in [1.82, 2.24) is 14.8 Å². The number of aromatic nitrogens is 1. The quantitative estimate of drug-likeness (QED) is 0.726. The van der Waals surface area contributed by atoms with E-state index in [1.807, 2.05) is 0 Å². The molecule has 1 aromatic heterocycles. The van der Waals surface area contributed by atoms with E-state index < -0.39 is 17.7 Å². The third kappa shape index (κ3) is 4.44. The number of anilines is 1. The van der Waals surface area contributed by atoms with Crippen molar-refractivity contribution in [3.8, 4) is 0 Å². The van der Waals surface area contributed by atoms with Crippen LogP contribution in [0, 0.1) is 5.92 Å². The first-order chi connectivity index (χ1) is 15.2. The van der Waals surface area contributed by atoms with E-state index in [0.29, 0.717) is 31.7 Å². The van der Waals surface area contributed by atoms with Crippen LogP contribution in [0.4, 0.5) is 18.9 Å². The second-order valence-electron chi connectivity index (χ2n) is 7.81. The van der Waals surface area contributed by atoms with Crippen LogP contribution in [0.3, 0.4) is 0 Å². The maximum absolute atomic E-state index is 13.0. The lowest BCUT2D eigenvalue weighted by Crippen LogP contribution is -2.52. The molecule has 3 amide bonds. The van der Waals surface area contributed by atoms with Gasteiger partial charge in [-0.05, 0) is 30.3 Å². The SMILES string of the molecule is O=C(c1ccncc1)N1CCN(C(=O)C2CC(=O)N(c3cccc(C(F)(F)F)c3)C2)CC1. The molecule has 1 atom stereocenters. The molecule has 7 nitrogen and oxygen atoms in total. The second kappa shape index (κ2) is 8.60. The molecule has 32 heavy (non-hydrogen) atoms. The molecule has 2 aliphatic heterocycles. The normalized spacial score (nSPS) is 19.4. The van der Waals surface area contributed by atoms with E-state index in [0.717, 1.165) is 12.1 Å². The highest BCUT2D eigenvalue weighted by Gasteiger charge is 2.39. The number of pyridine rings is 1. The average Bonchev–Trinajstić information content (AvgIpc) is 3.20. The number of piperazine rings is 1. The van der Waals surface area contributed by atoms with Crippen molar-refractivity contribution >= 4 is 23.4 Å². The summed E-state index contributed by atoms with van der Waals surface area (Å²) in [6.45, 7) is 1.44. The molecule has 168 valence electrons. The Labute approximate surface area is 182 Å². The van der Waals surface area contributed by atoms with E-state index in [-0.39, 0.29) is 36.4 Å². The van der Waals surface area contributed by atoms with Crippen LogP contribution in [0.2, 0.25) is 0 Å². The Morgan fingerprint density at radius 3 is 2.28 bits per heavy atom. The lowest BCUT2D eigenvalue weighted by Gasteiger charge is -2.36. The molecule has 2 fully saturated rings. The molecule has 2 aromatic rings. The first-order valence-electron chi connectivity index (χ1n) is 10.2. The van der Waals surface area contributed by atoms with Gasteiger partial charge < -0.3 is 14.7 Å². The molecule has 0 N–H and O–H groups in total. The Kier molecular flexibility index (Phi) is 5.86. The van der Waals surface area contributed by atoms with Gasteiger partial charge in [-0.25, -0.2) is 0 Å². The van der Waals surface area contributed by atoms with Crippen LogP contribution in [0.5, 0.6) is 0 Å². The first kappa shape index (κ1) is 21.8. The van der Waals surface area contributed by atoms with Crippen molar-refractivity contribution in [2.45, 2.75) is 12.6 Å². The number of alkyl halides is 3. The Morgan fingerprint density at radius 1 is 0.969 bits per heavy atom. The Hall–Kier alpha value is -3.43. The lowest BCUT2D eigenvalue weighted by molar-refractivity contribution is -0.138. The van der Waals surface area contributed by atoms with Gasteiger partial charge in [0.1, 0.15) is 0 Å². The van der Waals surface area contributed by atoms with Gasteiger partial charge in [0, 0.05) is 62.8 Å². The largest absolute Gasteiger partial charge is 0.416 e. The molecule has 0 bridgehead atoms. The van der Waals surface area contributed by atoms with Gasteiger partial charge >= 0.3 is 6.18 Å². The summed E-state index contributed by atoms with van der Waals surface area (Å²) in [5.41, 5.74) is -0.182. The number of benzene rings is 1. The fraction of sp³-hybridized carbons (Fsp3) is 0.364. The minimum absolute atomic E-state index is 0.0368. The van der Waals surface area contributed by atoms with Crippen LogP contribution in [-0.4, -0.2) is 65.2 Å². The number of carbonyl (C=O) groups is 3. The molecular weight excluding hydrogens is 425 g/mol. The number of hydrogen-bond donors (Lipinski definition) is 0. The zero-order valence-electron chi connectivity index (χ0n) is 17.1. The van der Waals surface area contributed by atoms with Crippen molar-refractivity contribution < 1.29 is 27.6 Å². The van der Waals surface area contributed by atoms with E-state index in [1.165, 1.54) is 17.0 Å². The van der Waals surface area contributed by atoms with Gasteiger partial charge in [-0.3, -0.25) is 19.4 Å². The minimum Gasteiger partial charge on any atom is -0.339 e. The summed E-state index contributed by atoms with van der Waals surface area (Å²) in [5, 5.41) is 0. The molecular formula is C22H21F3N4O3. The third-order valence-electron chi connectivity index (χ3n) is 5.77. The smallest absolute Gasteiger partial charge is 0.339 e. The molecule has 2 saturated heterocycles. The maximum Gasteiger partial charge on any atom is 0.416 e. The lowest BCUT2D eigenvalue weighted by atomic mass is 10.1. The highest BCUT2D eigenvalue weighted by molar-refractivity contribution is 6.00. The monoisotopic (exact) mass is 446 g/mol. The standard InChI is InChI=1S/C22H21F3N4O3/c23-22(24,25)17-2-1-3-18(13-17)29-14-16(12-19(29)30)21(32)28-10-8-27(9-11-28)20(31)15-4-6-26-7-5-15/h1-7,13,16H,8-12,14H2. The molecule has 0 radical (unpaired) electrons. The van der Waals surface area contributed by atoms with Crippen LogP contribution in [0.15, 0.2) is 48.8 Å². The summed E-state index contributed by atoms with van der Waals surface area (Å²) in [4.78, 5) is 46.3. The Morgan fingerprint density at radius 2 is 1.62 bits per heavy atom. The van der Waals surface area contributed by atoms with Gasteiger partial charge in [-0.1, -0.05) is 6.07 Å². The number of carbonyl (C=O) groups excluding carboxylic acids is 3. The summed E-state index contributed by atoms with van der Waals surface area (Å²) in [6.07, 6.45) is -1.48. The van der Waals surface area contributed by atoms with Crippen LogP contribution in [0.1, 0.15) is 22.3 Å². The number of amides is 3. The fourth-order valence-corrected chi connectivity index (χ4v) is 4.04. The van der Waals surface area contributed by atoms with Crippen LogP contribution < -0.4 is 4.90 Å². The van der Waals surface area contributed by atoms with E-state index in [9.17, 15) is 27.6 Å². The number of halogens is 3. The molecule has 0 aliphatic carbocycles. The molecule has 2 aliphatic rings. The fourth-order valence-electron chi connectivity index (χ4n) is 4.04. The summed E-state index contributed by atoms with van der Waals surface area (Å²) in [6, 6.07) is 7.81. The average molecular weight is 446 g/mol. The van der Waals surface area contributed by atoms with Gasteiger partial charge in [0.15, 0.2) is 0 Å². The van der Waals surface area contributed by atoms with Gasteiger partial charge in [-0.15, -0.1) is 0 Å². The van der Waals surface area contributed by atoms with Crippen LogP contribution in [0.25, 0.3) is 0 Å². The molecule has 3 heterocycles. The van der Waals surface area contributed by atoms with E-state index >= 15 is 0 Å². The van der Waals surface area contributed by atoms with Gasteiger partial charge in [0.05, 0.1) is 11.5 Å². The third-order valence-corrected chi connectivity index (χ3v) is 5.77. The highest BCUT2D eigenvalue weighted by Crippen LogP contribution is 2.33. The molecule has 1 aromatic carbocycles. The van der Waals surface area contributed by atoms with E-state index in [1.54, 1.807) is 34.3 Å². The summed E-state index contributed by atoms with van der Waals surface area (Å²) >= 11 is 0. The first-order valence-corrected chi connectivity index (χ1v) is 10.2. The molecule has 10 heteroatoms. The predicted molar refractivity (Wildman–Crippen MR) is 109 cm³/mol. The zero-order valence-corrected chi connectivity index (χ0v) is 17.1. The number of hydrogen-bond acceptors (Lipinski definition) is 4. The van der Waals surface area contributed by atoms with Crippen molar-refractivity contribution in [2.24, 2.45) is 5.92 Å². The van der Waals surface area contributed by atoms with Crippen molar-refractivity contribution in [1.29, 1.82) is 0 Å². The van der Waals surface area contributed by atoms with E-state index in [2.05, 4.69) is 4.98 Å². The Balaban J connectivity index is 1.37. The summed E-state index contributed by atoms with van der Waals surface area (Å²) < 4.78 is 39.0. The van der Waals surface area contributed by atoms with Crippen LogP contribution >= 0.6 is 0 Å². The summed E-state index contributed by atoms with van der Waals surface area (Å²) in [5.74, 6) is -1.36. The molecule has 1 unspecified atom stereocenters. The topological polar surface area (TPSA) is 73.8 Å². The Bertz CT molecular complexity index is 1020. The zero-order chi connectivity index (χ0) is 22.9. The van der Waals surface area contributed by atoms with Gasteiger partial charge in [0.2, 0.25) is 11.8 Å².